The number of benzene rings is 1. The Labute approximate surface area is 158 Å². The van der Waals surface area contributed by atoms with Crippen molar-refractivity contribution >= 4 is 17.7 Å². The van der Waals surface area contributed by atoms with Crippen LogP contribution in [0.5, 0.6) is 0 Å². The summed E-state index contributed by atoms with van der Waals surface area (Å²) < 4.78 is 0. The Morgan fingerprint density at radius 1 is 1.19 bits per heavy atom. The molecule has 2 saturated heterocycles. The number of rotatable bonds is 7. The van der Waals surface area contributed by atoms with Gasteiger partial charge in [-0.05, 0) is 62.0 Å². The Hall–Kier alpha value is -2.25. The first-order valence-corrected chi connectivity index (χ1v) is 9.79. The van der Waals surface area contributed by atoms with Gasteiger partial charge in [0.05, 0.1) is 0 Å². The first-order valence-electron chi connectivity index (χ1n) is 9.79. The van der Waals surface area contributed by atoms with E-state index < -0.39 is 6.04 Å². The third-order valence-corrected chi connectivity index (χ3v) is 5.75. The highest BCUT2D eigenvalue weighted by Crippen LogP contribution is 2.28. The Morgan fingerprint density at radius 2 is 2.04 bits per heavy atom. The lowest BCUT2D eigenvalue weighted by Gasteiger charge is -2.29. The van der Waals surface area contributed by atoms with E-state index >= 15 is 0 Å². The van der Waals surface area contributed by atoms with E-state index in [-0.39, 0.29) is 24.1 Å². The average molecular weight is 370 g/mol. The molecule has 4 rings (SSSR count). The second kappa shape index (κ2) is 7.78. The minimum absolute atomic E-state index is 0.117. The standard InChI is InChI=1S/C20H26N4O3/c25-18-6-5-17(19(26)23-18)24-12-15-8-13(3-4-16(15)20(24)27)9-21-7-1-2-14-10-22-11-14/h3-4,8,14,17,21-22H,1-2,5-7,9-12H2,(H,23,25,26). The lowest BCUT2D eigenvalue weighted by Crippen LogP contribution is -2.52. The number of fused-ring (bicyclic) bond motifs is 1. The molecular formula is C20H26N4O3. The molecule has 144 valence electrons. The van der Waals surface area contributed by atoms with Crippen LogP contribution in [0.25, 0.3) is 0 Å². The Morgan fingerprint density at radius 3 is 2.78 bits per heavy atom. The highest BCUT2D eigenvalue weighted by Gasteiger charge is 2.38. The molecule has 3 aliphatic rings. The molecule has 0 radical (unpaired) electrons. The molecular weight excluding hydrogens is 344 g/mol. The van der Waals surface area contributed by atoms with Crippen molar-refractivity contribution in [3.8, 4) is 0 Å². The first-order chi connectivity index (χ1) is 13.1. The summed E-state index contributed by atoms with van der Waals surface area (Å²) in [5.41, 5.74) is 2.78. The second-order valence-corrected chi connectivity index (χ2v) is 7.73. The van der Waals surface area contributed by atoms with Crippen LogP contribution in [0.15, 0.2) is 18.2 Å². The number of nitrogens with zero attached hydrogens (tertiary/aromatic N) is 1. The molecule has 0 spiro atoms. The van der Waals surface area contributed by atoms with E-state index in [0.29, 0.717) is 18.5 Å². The lowest BCUT2D eigenvalue weighted by molar-refractivity contribution is -0.136. The van der Waals surface area contributed by atoms with Crippen molar-refractivity contribution in [2.75, 3.05) is 19.6 Å². The van der Waals surface area contributed by atoms with E-state index in [1.165, 1.54) is 12.8 Å². The molecule has 3 N–H and O–H groups in total. The van der Waals surface area contributed by atoms with Crippen LogP contribution in [0.1, 0.15) is 47.2 Å². The quantitative estimate of drug-likeness (QED) is 0.481. The highest BCUT2D eigenvalue weighted by atomic mass is 16.2. The molecule has 3 aliphatic heterocycles. The summed E-state index contributed by atoms with van der Waals surface area (Å²) >= 11 is 0. The van der Waals surface area contributed by atoms with Gasteiger partial charge in [0.2, 0.25) is 11.8 Å². The minimum Gasteiger partial charge on any atom is -0.322 e. The number of piperidine rings is 1. The third kappa shape index (κ3) is 3.89. The van der Waals surface area contributed by atoms with Crippen molar-refractivity contribution in [2.24, 2.45) is 5.92 Å². The van der Waals surface area contributed by atoms with Gasteiger partial charge in [-0.2, -0.15) is 0 Å². The van der Waals surface area contributed by atoms with Gasteiger partial charge in [0.15, 0.2) is 0 Å². The fourth-order valence-corrected chi connectivity index (χ4v) is 4.04. The summed E-state index contributed by atoms with van der Waals surface area (Å²) in [5, 5.41) is 9.10. The summed E-state index contributed by atoms with van der Waals surface area (Å²) in [6.07, 6.45) is 3.12. The molecule has 0 saturated carbocycles. The van der Waals surface area contributed by atoms with Crippen LogP contribution in [0.4, 0.5) is 0 Å². The van der Waals surface area contributed by atoms with Gasteiger partial charge in [0.1, 0.15) is 6.04 Å². The number of amides is 3. The number of carbonyl (C=O) groups is 3. The van der Waals surface area contributed by atoms with Crippen LogP contribution in [0, 0.1) is 5.92 Å². The maximum atomic E-state index is 12.7. The topological polar surface area (TPSA) is 90.5 Å². The fourth-order valence-electron chi connectivity index (χ4n) is 4.04. The predicted octanol–water partition coefficient (Wildman–Crippen LogP) is 0.537. The van der Waals surface area contributed by atoms with Gasteiger partial charge in [-0.3, -0.25) is 19.7 Å². The molecule has 7 heteroatoms. The number of nitrogens with one attached hydrogen (secondary N) is 3. The number of hydrogen-bond donors (Lipinski definition) is 3. The SMILES string of the molecule is O=C1CCC(N2Cc3cc(CNCCCC4CNC4)ccc3C2=O)C(=O)N1. The second-order valence-electron chi connectivity index (χ2n) is 7.73. The molecule has 0 bridgehead atoms. The van der Waals surface area contributed by atoms with Crippen molar-refractivity contribution in [2.45, 2.75) is 44.8 Å². The normalized spacial score (nSPS) is 22.6. The molecule has 0 aliphatic carbocycles. The largest absolute Gasteiger partial charge is 0.322 e. The average Bonchev–Trinajstić information content (AvgIpc) is 2.92. The maximum Gasteiger partial charge on any atom is 0.255 e. The molecule has 1 aromatic carbocycles. The Balaban J connectivity index is 1.31. The van der Waals surface area contributed by atoms with Gasteiger partial charge < -0.3 is 15.5 Å². The van der Waals surface area contributed by atoms with Crippen LogP contribution in [0.2, 0.25) is 0 Å². The summed E-state index contributed by atoms with van der Waals surface area (Å²) in [6, 6.07) is 5.35. The van der Waals surface area contributed by atoms with Crippen molar-refractivity contribution in [1.82, 2.24) is 20.9 Å². The monoisotopic (exact) mass is 370 g/mol. The lowest BCUT2D eigenvalue weighted by atomic mass is 9.97. The summed E-state index contributed by atoms with van der Waals surface area (Å²) in [7, 11) is 0. The molecule has 1 aromatic rings. The van der Waals surface area contributed by atoms with Crippen molar-refractivity contribution in [3.63, 3.8) is 0 Å². The zero-order valence-electron chi connectivity index (χ0n) is 15.4. The van der Waals surface area contributed by atoms with Gasteiger partial charge in [-0.1, -0.05) is 12.1 Å². The predicted molar refractivity (Wildman–Crippen MR) is 99.8 cm³/mol. The number of imide groups is 1. The van der Waals surface area contributed by atoms with E-state index in [1.807, 2.05) is 12.1 Å². The van der Waals surface area contributed by atoms with E-state index in [4.69, 9.17) is 0 Å². The fraction of sp³-hybridized carbons (Fsp3) is 0.550. The van der Waals surface area contributed by atoms with E-state index in [2.05, 4.69) is 22.0 Å². The molecule has 1 atom stereocenters. The summed E-state index contributed by atoms with van der Waals surface area (Å²) in [5.74, 6) is 0.0995. The molecule has 3 heterocycles. The molecule has 0 aromatic heterocycles. The van der Waals surface area contributed by atoms with Crippen LogP contribution >= 0.6 is 0 Å². The highest BCUT2D eigenvalue weighted by molar-refractivity contribution is 6.05. The maximum absolute atomic E-state index is 12.7. The van der Waals surface area contributed by atoms with Crippen LogP contribution in [-0.2, 0) is 22.7 Å². The molecule has 3 amide bonds. The minimum atomic E-state index is -0.551. The van der Waals surface area contributed by atoms with Crippen LogP contribution in [0.3, 0.4) is 0 Å². The van der Waals surface area contributed by atoms with Gasteiger partial charge >= 0.3 is 0 Å². The zero-order valence-corrected chi connectivity index (χ0v) is 15.4. The van der Waals surface area contributed by atoms with Crippen LogP contribution < -0.4 is 16.0 Å². The molecule has 2 fully saturated rings. The molecule has 7 nitrogen and oxygen atoms in total. The van der Waals surface area contributed by atoms with Gasteiger partial charge in [0, 0.05) is 25.1 Å². The van der Waals surface area contributed by atoms with Crippen molar-refractivity contribution in [1.29, 1.82) is 0 Å². The summed E-state index contributed by atoms with van der Waals surface area (Å²) in [6.45, 7) is 4.52. The number of hydrogen-bond acceptors (Lipinski definition) is 5. The van der Waals surface area contributed by atoms with Gasteiger partial charge in [-0.15, -0.1) is 0 Å². The van der Waals surface area contributed by atoms with E-state index in [9.17, 15) is 14.4 Å². The van der Waals surface area contributed by atoms with Gasteiger partial charge in [-0.25, -0.2) is 0 Å². The van der Waals surface area contributed by atoms with Crippen LogP contribution in [-0.4, -0.2) is 48.3 Å². The number of carbonyl (C=O) groups excluding carboxylic acids is 3. The Bertz CT molecular complexity index is 760. The van der Waals surface area contributed by atoms with Crippen molar-refractivity contribution < 1.29 is 14.4 Å². The first kappa shape index (κ1) is 18.1. The molecule has 1 unspecified atom stereocenters. The third-order valence-electron chi connectivity index (χ3n) is 5.75. The van der Waals surface area contributed by atoms with E-state index in [0.717, 1.165) is 43.2 Å². The van der Waals surface area contributed by atoms with E-state index in [1.54, 1.807) is 4.90 Å². The Kier molecular flexibility index (Phi) is 5.22. The summed E-state index contributed by atoms with van der Waals surface area (Å²) in [4.78, 5) is 37.7. The smallest absolute Gasteiger partial charge is 0.255 e. The zero-order chi connectivity index (χ0) is 18.8. The van der Waals surface area contributed by atoms with Crippen molar-refractivity contribution in [3.05, 3.63) is 34.9 Å². The molecule has 27 heavy (non-hydrogen) atoms. The van der Waals surface area contributed by atoms with Gasteiger partial charge in [0.25, 0.3) is 5.91 Å².